The van der Waals surface area contributed by atoms with E-state index in [1.54, 1.807) is 14.2 Å². The van der Waals surface area contributed by atoms with Gasteiger partial charge in [0.15, 0.2) is 0 Å². The molecule has 156 valence electrons. The number of rotatable bonds is 7. The molecule has 1 unspecified atom stereocenters. The standard InChI is InChI=1S/C25H28N2O3/c1-28-21-11-12-23(24(18-21)29-2)25(27-15-13-26-14-16-27)19-7-6-10-22(17-19)30-20-8-4-3-5-9-20/h3-12,17-18,25-26H,13-16H2,1-2H3. The molecular weight excluding hydrogens is 376 g/mol. The van der Waals surface area contributed by atoms with Crippen LogP contribution in [0.5, 0.6) is 23.0 Å². The third-order valence-corrected chi connectivity index (χ3v) is 5.40. The Morgan fingerprint density at radius 3 is 2.27 bits per heavy atom. The molecule has 3 aromatic carbocycles. The molecule has 3 aromatic rings. The number of para-hydroxylation sites is 1. The van der Waals surface area contributed by atoms with Crippen LogP contribution in [0.25, 0.3) is 0 Å². The van der Waals surface area contributed by atoms with E-state index < -0.39 is 0 Å². The van der Waals surface area contributed by atoms with Crippen molar-refractivity contribution in [3.63, 3.8) is 0 Å². The largest absolute Gasteiger partial charge is 0.497 e. The highest BCUT2D eigenvalue weighted by molar-refractivity contribution is 5.47. The first-order valence-corrected chi connectivity index (χ1v) is 10.3. The lowest BCUT2D eigenvalue weighted by Gasteiger charge is -2.36. The maximum Gasteiger partial charge on any atom is 0.127 e. The second kappa shape index (κ2) is 9.65. The van der Waals surface area contributed by atoms with Crippen LogP contribution >= 0.6 is 0 Å². The minimum Gasteiger partial charge on any atom is -0.497 e. The molecule has 1 aliphatic heterocycles. The van der Waals surface area contributed by atoms with E-state index in [4.69, 9.17) is 14.2 Å². The lowest BCUT2D eigenvalue weighted by Crippen LogP contribution is -2.45. The van der Waals surface area contributed by atoms with Crippen LogP contribution in [0.2, 0.25) is 0 Å². The fourth-order valence-electron chi connectivity index (χ4n) is 3.94. The molecule has 5 heteroatoms. The van der Waals surface area contributed by atoms with Crippen LogP contribution in [-0.4, -0.2) is 45.3 Å². The molecule has 0 bridgehead atoms. The molecule has 1 aliphatic rings. The van der Waals surface area contributed by atoms with Gasteiger partial charge >= 0.3 is 0 Å². The van der Waals surface area contributed by atoms with E-state index in [-0.39, 0.29) is 6.04 Å². The van der Waals surface area contributed by atoms with Crippen LogP contribution in [0, 0.1) is 0 Å². The van der Waals surface area contributed by atoms with Crippen molar-refractivity contribution < 1.29 is 14.2 Å². The molecule has 1 atom stereocenters. The molecule has 1 heterocycles. The Balaban J connectivity index is 1.73. The Morgan fingerprint density at radius 1 is 0.767 bits per heavy atom. The van der Waals surface area contributed by atoms with Crippen molar-refractivity contribution >= 4 is 0 Å². The van der Waals surface area contributed by atoms with Gasteiger partial charge in [0.2, 0.25) is 0 Å². The molecule has 0 spiro atoms. The van der Waals surface area contributed by atoms with Gasteiger partial charge in [0.05, 0.1) is 20.3 Å². The Kier molecular flexibility index (Phi) is 6.52. The molecule has 30 heavy (non-hydrogen) atoms. The summed E-state index contributed by atoms with van der Waals surface area (Å²) in [5, 5.41) is 3.45. The van der Waals surface area contributed by atoms with Crippen LogP contribution in [0.4, 0.5) is 0 Å². The number of methoxy groups -OCH3 is 2. The van der Waals surface area contributed by atoms with E-state index in [1.165, 1.54) is 5.56 Å². The molecular formula is C25H28N2O3. The van der Waals surface area contributed by atoms with Crippen LogP contribution in [0.3, 0.4) is 0 Å². The van der Waals surface area contributed by atoms with Gasteiger partial charge in [0.25, 0.3) is 0 Å². The van der Waals surface area contributed by atoms with Gasteiger partial charge in [-0.15, -0.1) is 0 Å². The van der Waals surface area contributed by atoms with E-state index in [0.29, 0.717) is 0 Å². The maximum atomic E-state index is 6.10. The number of nitrogens with one attached hydrogen (secondary N) is 1. The average molecular weight is 405 g/mol. The van der Waals surface area contributed by atoms with Gasteiger partial charge in [-0.05, 0) is 42.0 Å². The Labute approximate surface area is 178 Å². The Morgan fingerprint density at radius 2 is 1.53 bits per heavy atom. The highest BCUT2D eigenvalue weighted by Gasteiger charge is 2.27. The van der Waals surface area contributed by atoms with Gasteiger partial charge in [-0.1, -0.05) is 30.3 Å². The number of piperazine rings is 1. The number of benzene rings is 3. The van der Waals surface area contributed by atoms with Gasteiger partial charge in [0.1, 0.15) is 23.0 Å². The van der Waals surface area contributed by atoms with E-state index in [9.17, 15) is 0 Å². The van der Waals surface area contributed by atoms with Gasteiger partial charge in [-0.3, -0.25) is 4.90 Å². The highest BCUT2D eigenvalue weighted by Crippen LogP contribution is 2.38. The summed E-state index contributed by atoms with van der Waals surface area (Å²) >= 11 is 0. The van der Waals surface area contributed by atoms with Gasteiger partial charge in [-0.25, -0.2) is 0 Å². The van der Waals surface area contributed by atoms with E-state index in [0.717, 1.165) is 54.7 Å². The lowest BCUT2D eigenvalue weighted by atomic mass is 9.95. The monoisotopic (exact) mass is 404 g/mol. The summed E-state index contributed by atoms with van der Waals surface area (Å²) in [6.07, 6.45) is 0. The second-order valence-corrected chi connectivity index (χ2v) is 7.28. The minimum absolute atomic E-state index is 0.0623. The third kappa shape index (κ3) is 4.58. The molecule has 0 aliphatic carbocycles. The summed E-state index contributed by atoms with van der Waals surface area (Å²) in [4.78, 5) is 2.49. The molecule has 1 N–H and O–H groups in total. The minimum atomic E-state index is 0.0623. The molecule has 0 amide bonds. The summed E-state index contributed by atoms with van der Waals surface area (Å²) in [5.41, 5.74) is 2.30. The SMILES string of the molecule is COc1ccc(C(c2cccc(Oc3ccccc3)c2)N2CCNCC2)c(OC)c1. The Bertz CT molecular complexity index is 956. The lowest BCUT2D eigenvalue weighted by molar-refractivity contribution is 0.195. The van der Waals surface area contributed by atoms with Crippen molar-refractivity contribution in [2.24, 2.45) is 0 Å². The first-order valence-electron chi connectivity index (χ1n) is 10.3. The van der Waals surface area contributed by atoms with Crippen molar-refractivity contribution in [1.29, 1.82) is 0 Å². The van der Waals surface area contributed by atoms with E-state index in [1.807, 2.05) is 48.5 Å². The fourth-order valence-corrected chi connectivity index (χ4v) is 3.94. The van der Waals surface area contributed by atoms with Crippen LogP contribution in [0.1, 0.15) is 17.2 Å². The first kappa shape index (κ1) is 20.3. The average Bonchev–Trinajstić information content (AvgIpc) is 2.81. The van der Waals surface area contributed by atoms with Crippen molar-refractivity contribution in [1.82, 2.24) is 10.2 Å². The number of nitrogens with zero attached hydrogens (tertiary/aromatic N) is 1. The van der Waals surface area contributed by atoms with Crippen molar-refractivity contribution in [2.75, 3.05) is 40.4 Å². The summed E-state index contributed by atoms with van der Waals surface area (Å²) in [6.45, 7) is 3.86. The number of ether oxygens (including phenoxy) is 3. The van der Waals surface area contributed by atoms with Crippen molar-refractivity contribution in [3.8, 4) is 23.0 Å². The quantitative estimate of drug-likeness (QED) is 0.628. The number of hydrogen-bond acceptors (Lipinski definition) is 5. The van der Waals surface area contributed by atoms with Crippen molar-refractivity contribution in [2.45, 2.75) is 6.04 Å². The molecule has 1 fully saturated rings. The van der Waals surface area contributed by atoms with Crippen LogP contribution < -0.4 is 19.5 Å². The summed E-state index contributed by atoms with van der Waals surface area (Å²) in [6, 6.07) is 24.3. The predicted molar refractivity (Wildman–Crippen MR) is 119 cm³/mol. The highest BCUT2D eigenvalue weighted by atomic mass is 16.5. The van der Waals surface area contributed by atoms with Gasteiger partial charge in [0, 0.05) is 37.8 Å². The predicted octanol–water partition coefficient (Wildman–Crippen LogP) is 4.49. The zero-order valence-corrected chi connectivity index (χ0v) is 17.5. The van der Waals surface area contributed by atoms with E-state index in [2.05, 4.69) is 34.5 Å². The van der Waals surface area contributed by atoms with Gasteiger partial charge in [-0.2, -0.15) is 0 Å². The van der Waals surface area contributed by atoms with E-state index >= 15 is 0 Å². The zero-order valence-electron chi connectivity index (χ0n) is 17.5. The van der Waals surface area contributed by atoms with Gasteiger partial charge < -0.3 is 19.5 Å². The Hall–Kier alpha value is -3.02. The smallest absolute Gasteiger partial charge is 0.127 e. The molecule has 4 rings (SSSR count). The number of hydrogen-bond donors (Lipinski definition) is 1. The molecule has 5 nitrogen and oxygen atoms in total. The summed E-state index contributed by atoms with van der Waals surface area (Å²) < 4.78 is 17.3. The molecule has 0 radical (unpaired) electrons. The fraction of sp³-hybridized carbons (Fsp3) is 0.280. The molecule has 0 saturated carbocycles. The summed E-state index contributed by atoms with van der Waals surface area (Å²) in [5.74, 6) is 3.27. The van der Waals surface area contributed by atoms with Crippen molar-refractivity contribution in [3.05, 3.63) is 83.9 Å². The topological polar surface area (TPSA) is 43.0 Å². The maximum absolute atomic E-state index is 6.10. The molecule has 1 saturated heterocycles. The third-order valence-electron chi connectivity index (χ3n) is 5.40. The molecule has 0 aromatic heterocycles. The van der Waals surface area contributed by atoms with Crippen LogP contribution in [-0.2, 0) is 0 Å². The normalized spacial score (nSPS) is 15.4. The first-order chi connectivity index (χ1) is 14.8. The van der Waals surface area contributed by atoms with Crippen LogP contribution in [0.15, 0.2) is 72.8 Å². The zero-order chi connectivity index (χ0) is 20.8. The summed E-state index contributed by atoms with van der Waals surface area (Å²) in [7, 11) is 3.38. The second-order valence-electron chi connectivity index (χ2n) is 7.28.